The van der Waals surface area contributed by atoms with Gasteiger partial charge < -0.3 is 9.73 Å². The van der Waals surface area contributed by atoms with Gasteiger partial charge >= 0.3 is 0 Å². The van der Waals surface area contributed by atoms with Crippen LogP contribution in [0.2, 0.25) is 0 Å². The molecule has 0 unspecified atom stereocenters. The van der Waals surface area contributed by atoms with Crippen LogP contribution in [-0.2, 0) is 19.5 Å². The molecule has 0 amide bonds. The molecular weight excluding hydrogens is 174 g/mol. The third-order valence-electron chi connectivity index (χ3n) is 2.95. The maximum Gasteiger partial charge on any atom is 0.137 e. The van der Waals surface area contributed by atoms with Gasteiger partial charge in [0.1, 0.15) is 11.3 Å². The van der Waals surface area contributed by atoms with Gasteiger partial charge in [-0.05, 0) is 12.0 Å². The zero-order chi connectivity index (χ0) is 9.54. The molecule has 1 aliphatic rings. The highest BCUT2D eigenvalue weighted by Crippen LogP contribution is 2.31. The van der Waals surface area contributed by atoms with Gasteiger partial charge in [0.2, 0.25) is 0 Å². The average molecular weight is 187 g/mol. The molecule has 1 aromatic heterocycles. The van der Waals surface area contributed by atoms with E-state index in [1.54, 1.807) is 0 Å². The summed E-state index contributed by atoms with van der Waals surface area (Å²) in [6.07, 6.45) is 1.04. The smallest absolute Gasteiger partial charge is 0.137 e. The summed E-state index contributed by atoms with van der Waals surface area (Å²) in [5.74, 6) is 1.13. The first-order valence-electron chi connectivity index (χ1n) is 5.13. The normalized spacial score (nSPS) is 14.9. The first-order valence-corrected chi connectivity index (χ1v) is 5.13. The second-order valence-electron chi connectivity index (χ2n) is 3.75. The summed E-state index contributed by atoms with van der Waals surface area (Å²) < 4.78 is 5.87. The molecule has 14 heavy (non-hydrogen) atoms. The van der Waals surface area contributed by atoms with Crippen molar-refractivity contribution < 1.29 is 4.42 Å². The topological polar surface area (TPSA) is 25.2 Å². The largest absolute Gasteiger partial charge is 0.459 e. The minimum Gasteiger partial charge on any atom is -0.459 e. The first kappa shape index (κ1) is 8.06. The van der Waals surface area contributed by atoms with Gasteiger partial charge in [0.05, 0.1) is 6.54 Å². The minimum atomic E-state index is 0.882. The van der Waals surface area contributed by atoms with Crippen molar-refractivity contribution in [2.24, 2.45) is 0 Å². The Hall–Kier alpha value is -1.28. The van der Waals surface area contributed by atoms with Crippen molar-refractivity contribution in [3.05, 3.63) is 35.1 Å². The standard InChI is InChI=1S/C12H13NO/c1-2-8-4-3-5-9-10-6-13-7-11(10)14-12(8)9/h3-5,13H,2,6-7H2,1H3. The van der Waals surface area contributed by atoms with Crippen molar-refractivity contribution in [1.29, 1.82) is 0 Å². The Balaban J connectivity index is 2.36. The highest BCUT2D eigenvalue weighted by Gasteiger charge is 2.19. The average Bonchev–Trinajstić information content (AvgIpc) is 2.76. The van der Waals surface area contributed by atoms with Crippen LogP contribution in [0.25, 0.3) is 11.0 Å². The SMILES string of the molecule is CCc1cccc2c3c(oc12)CNC3. The molecular formula is C12H13NO. The molecule has 1 aromatic carbocycles. The van der Waals surface area contributed by atoms with Gasteiger partial charge in [-0.3, -0.25) is 0 Å². The van der Waals surface area contributed by atoms with E-state index >= 15 is 0 Å². The van der Waals surface area contributed by atoms with Crippen LogP contribution in [0, 0.1) is 0 Å². The molecule has 1 N–H and O–H groups in total. The number of rotatable bonds is 1. The zero-order valence-electron chi connectivity index (χ0n) is 8.26. The van der Waals surface area contributed by atoms with E-state index in [1.165, 1.54) is 16.5 Å². The van der Waals surface area contributed by atoms with Crippen molar-refractivity contribution in [2.75, 3.05) is 0 Å². The zero-order valence-corrected chi connectivity index (χ0v) is 8.26. The first-order chi connectivity index (χ1) is 6.90. The van der Waals surface area contributed by atoms with Crippen molar-refractivity contribution in [3.8, 4) is 0 Å². The number of fused-ring (bicyclic) bond motifs is 3. The van der Waals surface area contributed by atoms with Crippen molar-refractivity contribution in [2.45, 2.75) is 26.4 Å². The summed E-state index contributed by atoms with van der Waals surface area (Å²) in [7, 11) is 0. The quantitative estimate of drug-likeness (QED) is 0.742. The van der Waals surface area contributed by atoms with E-state index in [4.69, 9.17) is 4.42 Å². The van der Waals surface area contributed by atoms with Gasteiger partial charge in [-0.2, -0.15) is 0 Å². The highest BCUT2D eigenvalue weighted by molar-refractivity contribution is 5.85. The van der Waals surface area contributed by atoms with E-state index in [0.29, 0.717) is 0 Å². The van der Waals surface area contributed by atoms with Crippen LogP contribution in [0.3, 0.4) is 0 Å². The lowest BCUT2D eigenvalue weighted by Gasteiger charge is -1.98. The lowest BCUT2D eigenvalue weighted by molar-refractivity contribution is 0.541. The van der Waals surface area contributed by atoms with E-state index in [2.05, 4.69) is 30.4 Å². The summed E-state index contributed by atoms with van der Waals surface area (Å²) in [6, 6.07) is 6.42. The Labute approximate surface area is 82.9 Å². The molecule has 2 nitrogen and oxygen atoms in total. The lowest BCUT2D eigenvalue weighted by atomic mass is 10.1. The fraction of sp³-hybridized carbons (Fsp3) is 0.333. The molecule has 0 fully saturated rings. The molecule has 72 valence electrons. The fourth-order valence-corrected chi connectivity index (χ4v) is 2.19. The van der Waals surface area contributed by atoms with E-state index in [0.717, 1.165) is 30.9 Å². The number of aryl methyl sites for hydroxylation is 1. The summed E-state index contributed by atoms with van der Waals surface area (Å²) in [5.41, 5.74) is 3.77. The molecule has 2 heterocycles. The van der Waals surface area contributed by atoms with Gasteiger partial charge in [0.25, 0.3) is 0 Å². The summed E-state index contributed by atoms with van der Waals surface area (Å²) in [5, 5.41) is 4.60. The Morgan fingerprint density at radius 1 is 1.36 bits per heavy atom. The number of nitrogens with one attached hydrogen (secondary N) is 1. The van der Waals surface area contributed by atoms with Crippen LogP contribution >= 0.6 is 0 Å². The molecule has 0 radical (unpaired) electrons. The predicted octanol–water partition coefficient (Wildman–Crippen LogP) is 2.60. The fourth-order valence-electron chi connectivity index (χ4n) is 2.19. The van der Waals surface area contributed by atoms with Crippen LogP contribution in [0.15, 0.2) is 22.6 Å². The van der Waals surface area contributed by atoms with Crippen LogP contribution in [0.1, 0.15) is 23.8 Å². The van der Waals surface area contributed by atoms with Gasteiger partial charge in [0, 0.05) is 17.5 Å². The second-order valence-corrected chi connectivity index (χ2v) is 3.75. The summed E-state index contributed by atoms with van der Waals surface area (Å²) >= 11 is 0. The molecule has 0 spiro atoms. The Bertz CT molecular complexity index is 484. The number of hydrogen-bond acceptors (Lipinski definition) is 2. The maximum absolute atomic E-state index is 5.87. The van der Waals surface area contributed by atoms with Gasteiger partial charge in [-0.1, -0.05) is 25.1 Å². The third-order valence-corrected chi connectivity index (χ3v) is 2.95. The van der Waals surface area contributed by atoms with Crippen LogP contribution in [0.4, 0.5) is 0 Å². The molecule has 0 aliphatic carbocycles. The number of furan rings is 1. The van der Waals surface area contributed by atoms with E-state index in [1.807, 2.05) is 0 Å². The van der Waals surface area contributed by atoms with Crippen molar-refractivity contribution in [1.82, 2.24) is 5.32 Å². The Kier molecular flexibility index (Phi) is 1.64. The predicted molar refractivity (Wildman–Crippen MR) is 56.1 cm³/mol. The van der Waals surface area contributed by atoms with E-state index < -0.39 is 0 Å². The van der Waals surface area contributed by atoms with Crippen LogP contribution < -0.4 is 5.32 Å². The Morgan fingerprint density at radius 2 is 2.29 bits per heavy atom. The summed E-state index contributed by atoms with van der Waals surface area (Å²) in [6.45, 7) is 4.00. The number of hydrogen-bond donors (Lipinski definition) is 1. The third kappa shape index (κ3) is 0.946. The van der Waals surface area contributed by atoms with Crippen molar-refractivity contribution >= 4 is 11.0 Å². The van der Waals surface area contributed by atoms with Gasteiger partial charge in [-0.25, -0.2) is 0 Å². The second kappa shape index (κ2) is 2.85. The molecule has 0 saturated heterocycles. The number of benzene rings is 1. The molecule has 0 bridgehead atoms. The van der Waals surface area contributed by atoms with E-state index in [-0.39, 0.29) is 0 Å². The van der Waals surface area contributed by atoms with E-state index in [9.17, 15) is 0 Å². The van der Waals surface area contributed by atoms with Crippen molar-refractivity contribution in [3.63, 3.8) is 0 Å². The van der Waals surface area contributed by atoms with Crippen LogP contribution in [-0.4, -0.2) is 0 Å². The molecule has 0 saturated carbocycles. The van der Waals surface area contributed by atoms with Crippen LogP contribution in [0.5, 0.6) is 0 Å². The maximum atomic E-state index is 5.87. The highest BCUT2D eigenvalue weighted by atomic mass is 16.3. The minimum absolute atomic E-state index is 0.882. The molecule has 3 rings (SSSR count). The lowest BCUT2D eigenvalue weighted by Crippen LogP contribution is -2.01. The van der Waals surface area contributed by atoms with Gasteiger partial charge in [-0.15, -0.1) is 0 Å². The molecule has 2 aromatic rings. The monoisotopic (exact) mass is 187 g/mol. The number of para-hydroxylation sites is 1. The molecule has 2 heteroatoms. The Morgan fingerprint density at radius 3 is 3.14 bits per heavy atom. The molecule has 1 aliphatic heterocycles. The summed E-state index contributed by atoms with van der Waals surface area (Å²) in [4.78, 5) is 0. The molecule has 0 atom stereocenters. The van der Waals surface area contributed by atoms with Gasteiger partial charge in [0.15, 0.2) is 0 Å².